The Kier molecular flexibility index (Phi) is 6.29. The van der Waals surface area contributed by atoms with Gasteiger partial charge in [0.2, 0.25) is 0 Å². The van der Waals surface area contributed by atoms with E-state index in [2.05, 4.69) is 44.7 Å². The minimum Gasteiger partial charge on any atom is -0.458 e. The van der Waals surface area contributed by atoms with Gasteiger partial charge in [-0.1, -0.05) is 44.5 Å². The van der Waals surface area contributed by atoms with Crippen molar-refractivity contribution in [3.05, 3.63) is 42.0 Å². The van der Waals surface area contributed by atoms with Crippen LogP contribution in [0.3, 0.4) is 0 Å². The fourth-order valence-electron chi connectivity index (χ4n) is 4.13. The van der Waals surface area contributed by atoms with Crippen LogP contribution in [0.25, 0.3) is 10.8 Å². The third-order valence-electron chi connectivity index (χ3n) is 6.20. The number of fused-ring (bicyclic) bond motifs is 1. The van der Waals surface area contributed by atoms with Gasteiger partial charge in [0.15, 0.2) is 0 Å². The summed E-state index contributed by atoms with van der Waals surface area (Å²) in [5, 5.41) is 2.26. The highest BCUT2D eigenvalue weighted by Gasteiger charge is 2.30. The normalized spacial score (nSPS) is 22.8. The predicted octanol–water partition coefficient (Wildman–Crippen LogP) is 6.59. The Bertz CT molecular complexity index is 762. The van der Waals surface area contributed by atoms with Crippen molar-refractivity contribution in [1.29, 1.82) is 0 Å². The molecule has 0 saturated heterocycles. The minimum absolute atomic E-state index is 0.0249. The maximum absolute atomic E-state index is 12.6. The molecule has 2 nitrogen and oxygen atoms in total. The standard InChI is InChI=1S/C23H30O2S/c1-4-15(2)17-8-10-18(11-9-17)23(24)25-16(3)19-12-13-21-20(14-19)6-5-7-22(21)26/h5-7,12-18,26H,4,8-11H2,1-3H3. The number of thiol groups is 1. The Morgan fingerprint density at radius 3 is 2.58 bits per heavy atom. The second-order valence-corrected chi connectivity index (χ2v) is 8.32. The van der Waals surface area contributed by atoms with E-state index in [0.717, 1.165) is 58.8 Å². The van der Waals surface area contributed by atoms with Crippen molar-refractivity contribution >= 4 is 29.4 Å². The molecule has 1 aliphatic rings. The van der Waals surface area contributed by atoms with E-state index >= 15 is 0 Å². The van der Waals surface area contributed by atoms with Crippen molar-refractivity contribution in [3.63, 3.8) is 0 Å². The Morgan fingerprint density at radius 2 is 1.88 bits per heavy atom. The summed E-state index contributed by atoms with van der Waals surface area (Å²) in [5.74, 6) is 1.59. The van der Waals surface area contributed by atoms with Gasteiger partial charge in [-0.25, -0.2) is 0 Å². The molecule has 1 saturated carbocycles. The van der Waals surface area contributed by atoms with Crippen LogP contribution in [-0.2, 0) is 9.53 Å². The van der Waals surface area contributed by atoms with Crippen LogP contribution in [0.5, 0.6) is 0 Å². The number of benzene rings is 2. The lowest BCUT2D eigenvalue weighted by molar-refractivity contribution is -0.155. The first kappa shape index (κ1) is 19.3. The van der Waals surface area contributed by atoms with E-state index < -0.39 is 0 Å². The average molecular weight is 371 g/mol. The predicted molar refractivity (Wildman–Crippen MR) is 111 cm³/mol. The molecule has 3 rings (SSSR count). The molecule has 2 aromatic carbocycles. The van der Waals surface area contributed by atoms with Crippen LogP contribution >= 0.6 is 12.6 Å². The topological polar surface area (TPSA) is 26.3 Å². The molecule has 3 heteroatoms. The van der Waals surface area contributed by atoms with Gasteiger partial charge in [-0.3, -0.25) is 4.79 Å². The monoisotopic (exact) mass is 370 g/mol. The molecule has 2 unspecified atom stereocenters. The average Bonchev–Trinajstić information content (AvgIpc) is 2.67. The van der Waals surface area contributed by atoms with Crippen LogP contribution in [0.4, 0.5) is 0 Å². The Labute approximate surface area is 162 Å². The van der Waals surface area contributed by atoms with Gasteiger partial charge in [-0.05, 0) is 72.9 Å². The lowest BCUT2D eigenvalue weighted by atomic mass is 9.75. The summed E-state index contributed by atoms with van der Waals surface area (Å²) in [6.07, 6.45) is 5.27. The molecule has 140 valence electrons. The molecular weight excluding hydrogens is 340 g/mol. The van der Waals surface area contributed by atoms with Crippen LogP contribution in [-0.4, -0.2) is 5.97 Å². The second kappa shape index (κ2) is 8.47. The van der Waals surface area contributed by atoms with Gasteiger partial charge in [0.1, 0.15) is 6.10 Å². The molecule has 26 heavy (non-hydrogen) atoms. The van der Waals surface area contributed by atoms with Gasteiger partial charge in [0.05, 0.1) is 5.92 Å². The van der Waals surface area contributed by atoms with Crippen molar-refractivity contribution in [1.82, 2.24) is 0 Å². The maximum Gasteiger partial charge on any atom is 0.309 e. The molecule has 0 amide bonds. The summed E-state index contributed by atoms with van der Waals surface area (Å²) in [4.78, 5) is 13.6. The zero-order chi connectivity index (χ0) is 18.7. The summed E-state index contributed by atoms with van der Waals surface area (Å²) in [5.41, 5.74) is 1.04. The third kappa shape index (κ3) is 4.25. The molecule has 0 spiro atoms. The van der Waals surface area contributed by atoms with E-state index in [0.29, 0.717) is 0 Å². The quantitative estimate of drug-likeness (QED) is 0.475. The van der Waals surface area contributed by atoms with Crippen LogP contribution in [0.15, 0.2) is 41.3 Å². The summed E-state index contributed by atoms with van der Waals surface area (Å²) < 4.78 is 5.82. The molecular formula is C23H30O2S. The Balaban J connectivity index is 1.61. The number of esters is 1. The smallest absolute Gasteiger partial charge is 0.309 e. The van der Waals surface area contributed by atoms with Crippen molar-refractivity contribution in [2.75, 3.05) is 0 Å². The van der Waals surface area contributed by atoms with Gasteiger partial charge in [-0.15, -0.1) is 12.6 Å². The van der Waals surface area contributed by atoms with Gasteiger partial charge in [0.25, 0.3) is 0 Å². The molecule has 2 atom stereocenters. The van der Waals surface area contributed by atoms with E-state index in [-0.39, 0.29) is 18.0 Å². The molecule has 0 radical (unpaired) electrons. The van der Waals surface area contributed by atoms with E-state index in [4.69, 9.17) is 4.74 Å². The van der Waals surface area contributed by atoms with Crippen LogP contribution in [0.2, 0.25) is 0 Å². The molecule has 1 aliphatic carbocycles. The molecule has 0 heterocycles. The van der Waals surface area contributed by atoms with Gasteiger partial charge >= 0.3 is 5.97 Å². The number of ether oxygens (including phenoxy) is 1. The summed E-state index contributed by atoms with van der Waals surface area (Å²) >= 11 is 4.50. The summed E-state index contributed by atoms with van der Waals surface area (Å²) in [7, 11) is 0. The third-order valence-corrected chi connectivity index (χ3v) is 6.59. The van der Waals surface area contributed by atoms with Gasteiger partial charge < -0.3 is 4.74 Å². The first-order valence-electron chi connectivity index (χ1n) is 9.91. The van der Waals surface area contributed by atoms with Crippen molar-refractivity contribution in [2.45, 2.75) is 63.9 Å². The Morgan fingerprint density at radius 1 is 1.15 bits per heavy atom. The van der Waals surface area contributed by atoms with Crippen LogP contribution in [0, 0.1) is 17.8 Å². The highest BCUT2D eigenvalue weighted by molar-refractivity contribution is 7.80. The highest BCUT2D eigenvalue weighted by Crippen LogP contribution is 2.36. The van der Waals surface area contributed by atoms with Gasteiger partial charge in [-0.2, -0.15) is 0 Å². The van der Waals surface area contributed by atoms with E-state index in [1.54, 1.807) is 0 Å². The molecule has 0 bridgehead atoms. The minimum atomic E-state index is -0.220. The zero-order valence-corrected chi connectivity index (χ0v) is 17.0. The number of carbonyl (C=O) groups excluding carboxylic acids is 1. The van der Waals surface area contributed by atoms with Crippen molar-refractivity contribution < 1.29 is 9.53 Å². The molecule has 2 aromatic rings. The summed E-state index contributed by atoms with van der Waals surface area (Å²) in [6, 6.07) is 12.3. The molecule has 0 aromatic heterocycles. The van der Waals surface area contributed by atoms with E-state index in [9.17, 15) is 4.79 Å². The highest BCUT2D eigenvalue weighted by atomic mass is 32.1. The number of hydrogen-bond donors (Lipinski definition) is 1. The van der Waals surface area contributed by atoms with Crippen molar-refractivity contribution in [2.24, 2.45) is 17.8 Å². The van der Waals surface area contributed by atoms with Gasteiger partial charge in [0, 0.05) is 4.90 Å². The summed E-state index contributed by atoms with van der Waals surface area (Å²) in [6.45, 7) is 6.56. The van der Waals surface area contributed by atoms with Crippen LogP contribution < -0.4 is 0 Å². The SMILES string of the molecule is CCC(C)C1CCC(C(=O)OC(C)c2ccc3c(S)cccc3c2)CC1. The van der Waals surface area contributed by atoms with E-state index in [1.807, 2.05) is 25.1 Å². The number of rotatable bonds is 5. The Hall–Kier alpha value is -1.48. The molecule has 0 N–H and O–H groups in total. The first-order chi connectivity index (χ1) is 12.5. The lowest BCUT2D eigenvalue weighted by Gasteiger charge is -2.31. The van der Waals surface area contributed by atoms with Crippen molar-refractivity contribution in [3.8, 4) is 0 Å². The fourth-order valence-corrected chi connectivity index (χ4v) is 4.42. The second-order valence-electron chi connectivity index (χ2n) is 7.83. The van der Waals surface area contributed by atoms with Crippen LogP contribution in [0.1, 0.15) is 64.5 Å². The first-order valence-corrected chi connectivity index (χ1v) is 10.4. The molecule has 0 aliphatic heterocycles. The number of hydrogen-bond acceptors (Lipinski definition) is 3. The fraction of sp³-hybridized carbons (Fsp3) is 0.522. The molecule has 1 fully saturated rings. The zero-order valence-electron chi connectivity index (χ0n) is 16.1. The van der Waals surface area contributed by atoms with E-state index in [1.165, 1.54) is 6.42 Å². The maximum atomic E-state index is 12.6. The lowest BCUT2D eigenvalue weighted by Crippen LogP contribution is -2.26. The largest absolute Gasteiger partial charge is 0.458 e. The number of carbonyl (C=O) groups is 1.